The first-order valence-electron chi connectivity index (χ1n) is 7.47. The van der Waals surface area contributed by atoms with Crippen LogP contribution in [0.4, 0.5) is 13.2 Å². The Labute approximate surface area is 198 Å². The normalized spacial score (nSPS) is 11.8. The molecule has 3 aromatic rings. The smallest absolute Gasteiger partial charge is 0.242 e. The van der Waals surface area contributed by atoms with Gasteiger partial charge in [-0.3, -0.25) is 0 Å². The molecule has 0 aliphatic rings. The Balaban J connectivity index is 2.44. The highest BCUT2D eigenvalue weighted by atomic mass is 35.5. The maximum absolute atomic E-state index is 13.6. The van der Waals surface area contributed by atoms with Gasteiger partial charge in [0.25, 0.3) is 0 Å². The van der Waals surface area contributed by atoms with E-state index in [-0.39, 0.29) is 57.5 Å². The molecular weight excluding hydrogens is 535 g/mol. The highest BCUT2D eigenvalue weighted by Crippen LogP contribution is 2.47. The van der Waals surface area contributed by atoms with Crippen LogP contribution in [0.25, 0.3) is 22.4 Å². The number of alkyl halides is 3. The molecule has 0 fully saturated rings. The standard InChI is InChI=1S/C18H5Cl7F3N/c19-6-1-9(21)14(10(22)2-6)8-5-13(18(26,27)28)29-17(16(8)25)15-11(23)3-7(20)4-12(15)24/h1-5H. The van der Waals surface area contributed by atoms with E-state index < -0.39 is 11.9 Å². The van der Waals surface area contributed by atoms with Gasteiger partial charge in [0, 0.05) is 26.7 Å². The van der Waals surface area contributed by atoms with Crippen molar-refractivity contribution >= 4 is 81.2 Å². The zero-order valence-corrected chi connectivity index (χ0v) is 18.9. The second-order valence-corrected chi connectivity index (χ2v) is 8.58. The summed E-state index contributed by atoms with van der Waals surface area (Å²) in [7, 11) is 0. The maximum Gasteiger partial charge on any atom is 0.433 e. The number of benzene rings is 2. The fraction of sp³-hybridized carbons (Fsp3) is 0.0556. The first-order chi connectivity index (χ1) is 13.4. The van der Waals surface area contributed by atoms with Gasteiger partial charge in [0.05, 0.1) is 30.8 Å². The zero-order valence-electron chi connectivity index (χ0n) is 13.6. The van der Waals surface area contributed by atoms with Gasteiger partial charge in [0.15, 0.2) is 0 Å². The molecule has 0 saturated carbocycles. The maximum atomic E-state index is 13.6. The van der Waals surface area contributed by atoms with Crippen LogP contribution in [0.2, 0.25) is 35.2 Å². The van der Waals surface area contributed by atoms with Crippen molar-refractivity contribution in [3.63, 3.8) is 0 Å². The summed E-state index contributed by atoms with van der Waals surface area (Å²) in [6.45, 7) is 0. The molecule has 0 N–H and O–H groups in total. The second-order valence-electron chi connectivity index (χ2n) is 5.70. The highest BCUT2D eigenvalue weighted by molar-refractivity contribution is 6.45. The predicted molar refractivity (Wildman–Crippen MR) is 115 cm³/mol. The van der Waals surface area contributed by atoms with Gasteiger partial charge in [-0.2, -0.15) is 13.2 Å². The summed E-state index contributed by atoms with van der Waals surface area (Å²) in [5, 5.41) is 0.150. The van der Waals surface area contributed by atoms with Crippen LogP contribution in [-0.2, 0) is 6.18 Å². The van der Waals surface area contributed by atoms with Crippen LogP contribution in [0.3, 0.4) is 0 Å². The van der Waals surface area contributed by atoms with Crippen molar-refractivity contribution in [2.75, 3.05) is 0 Å². The average Bonchev–Trinajstić information content (AvgIpc) is 2.54. The molecule has 1 aromatic heterocycles. The van der Waals surface area contributed by atoms with E-state index in [1.165, 1.54) is 24.3 Å². The molecule has 1 heterocycles. The molecule has 0 atom stereocenters. The minimum atomic E-state index is -4.80. The lowest BCUT2D eigenvalue weighted by molar-refractivity contribution is -0.141. The number of aromatic nitrogens is 1. The third-order valence-corrected chi connectivity index (χ3v) is 5.78. The lowest BCUT2D eigenvalue weighted by atomic mass is 10.0. The summed E-state index contributed by atoms with van der Waals surface area (Å²) in [5.41, 5.74) is -1.62. The third kappa shape index (κ3) is 4.69. The molecule has 11 heteroatoms. The van der Waals surface area contributed by atoms with Gasteiger partial charge in [-0.05, 0) is 30.3 Å². The van der Waals surface area contributed by atoms with E-state index in [0.29, 0.717) is 0 Å². The molecule has 0 unspecified atom stereocenters. The molecule has 0 spiro atoms. The molecule has 29 heavy (non-hydrogen) atoms. The summed E-state index contributed by atoms with van der Waals surface area (Å²) >= 11 is 42.9. The Kier molecular flexibility index (Phi) is 6.77. The van der Waals surface area contributed by atoms with Crippen molar-refractivity contribution in [1.82, 2.24) is 4.98 Å². The van der Waals surface area contributed by atoms with Crippen molar-refractivity contribution in [3.05, 3.63) is 71.2 Å². The van der Waals surface area contributed by atoms with Gasteiger partial charge in [-0.1, -0.05) is 81.2 Å². The number of nitrogens with zero attached hydrogens (tertiary/aromatic N) is 1. The number of pyridine rings is 1. The number of hydrogen-bond acceptors (Lipinski definition) is 1. The Morgan fingerprint density at radius 1 is 0.621 bits per heavy atom. The summed E-state index contributed by atoms with van der Waals surface area (Å²) in [6, 6.07) is 6.02. The van der Waals surface area contributed by atoms with E-state index in [1.54, 1.807) is 0 Å². The first-order valence-corrected chi connectivity index (χ1v) is 10.1. The largest absolute Gasteiger partial charge is 0.433 e. The van der Waals surface area contributed by atoms with Gasteiger partial charge in [-0.15, -0.1) is 0 Å². The van der Waals surface area contributed by atoms with Gasteiger partial charge in [-0.25, -0.2) is 4.98 Å². The molecule has 0 saturated heterocycles. The molecule has 0 amide bonds. The SMILES string of the molecule is FC(F)(F)c1cc(-c2c(Cl)cc(Cl)cc2Cl)c(Cl)c(-c2c(Cl)cc(Cl)cc2Cl)n1. The minimum Gasteiger partial charge on any atom is -0.242 e. The second kappa shape index (κ2) is 8.51. The summed E-state index contributed by atoms with van der Waals surface area (Å²) < 4.78 is 40.7. The van der Waals surface area contributed by atoms with Crippen LogP contribution in [0.15, 0.2) is 30.3 Å². The molecule has 0 aliphatic carbocycles. The quantitative estimate of drug-likeness (QED) is 0.315. The lowest BCUT2D eigenvalue weighted by Gasteiger charge is -2.17. The van der Waals surface area contributed by atoms with Gasteiger partial charge in [0.2, 0.25) is 0 Å². The molecule has 0 aliphatic heterocycles. The van der Waals surface area contributed by atoms with Crippen molar-refractivity contribution in [1.29, 1.82) is 0 Å². The van der Waals surface area contributed by atoms with E-state index in [9.17, 15) is 13.2 Å². The summed E-state index contributed by atoms with van der Waals surface area (Å²) in [4.78, 5) is 3.65. The Bertz CT molecular complexity index is 1000. The zero-order chi connectivity index (χ0) is 21.7. The van der Waals surface area contributed by atoms with E-state index in [4.69, 9.17) is 81.2 Å². The summed E-state index contributed by atoms with van der Waals surface area (Å²) in [5.74, 6) is 0. The average molecular weight is 540 g/mol. The van der Waals surface area contributed by atoms with E-state index in [0.717, 1.165) is 6.07 Å². The predicted octanol–water partition coefficient (Wildman–Crippen LogP) is 10.0. The number of rotatable bonds is 2. The van der Waals surface area contributed by atoms with Crippen molar-refractivity contribution in [2.24, 2.45) is 0 Å². The molecular formula is C18H5Cl7F3N. The molecule has 0 bridgehead atoms. The minimum absolute atomic E-state index is 0.00275. The molecule has 3 rings (SSSR count). The van der Waals surface area contributed by atoms with Crippen LogP contribution in [0, 0.1) is 0 Å². The molecule has 0 radical (unpaired) electrons. The fourth-order valence-corrected chi connectivity index (χ4v) is 4.89. The van der Waals surface area contributed by atoms with Gasteiger partial charge >= 0.3 is 6.18 Å². The Hall–Kier alpha value is -0.590. The fourth-order valence-electron chi connectivity index (χ4n) is 2.59. The van der Waals surface area contributed by atoms with Crippen LogP contribution < -0.4 is 0 Å². The highest BCUT2D eigenvalue weighted by Gasteiger charge is 2.35. The topological polar surface area (TPSA) is 12.9 Å². The molecule has 2 aromatic carbocycles. The Morgan fingerprint density at radius 3 is 1.45 bits per heavy atom. The van der Waals surface area contributed by atoms with E-state index in [1.807, 2.05) is 0 Å². The van der Waals surface area contributed by atoms with Gasteiger partial charge < -0.3 is 0 Å². The lowest BCUT2D eigenvalue weighted by Crippen LogP contribution is -2.10. The van der Waals surface area contributed by atoms with Gasteiger partial charge in [0.1, 0.15) is 5.69 Å². The molecule has 152 valence electrons. The van der Waals surface area contributed by atoms with Crippen LogP contribution >= 0.6 is 81.2 Å². The summed E-state index contributed by atoms with van der Waals surface area (Å²) in [6.07, 6.45) is -4.80. The van der Waals surface area contributed by atoms with Crippen molar-refractivity contribution < 1.29 is 13.2 Å². The molecule has 1 nitrogen and oxygen atoms in total. The van der Waals surface area contributed by atoms with Crippen LogP contribution in [0.5, 0.6) is 0 Å². The monoisotopic (exact) mass is 537 g/mol. The van der Waals surface area contributed by atoms with Crippen LogP contribution in [0.1, 0.15) is 5.69 Å². The van der Waals surface area contributed by atoms with Crippen LogP contribution in [-0.4, -0.2) is 4.98 Å². The van der Waals surface area contributed by atoms with E-state index in [2.05, 4.69) is 4.98 Å². The number of halogens is 10. The van der Waals surface area contributed by atoms with Crippen molar-refractivity contribution in [3.8, 4) is 22.4 Å². The third-order valence-electron chi connectivity index (χ3n) is 3.77. The number of hydrogen-bond donors (Lipinski definition) is 0. The van der Waals surface area contributed by atoms with Crippen molar-refractivity contribution in [2.45, 2.75) is 6.18 Å². The Morgan fingerprint density at radius 2 is 1.03 bits per heavy atom. The first kappa shape index (κ1) is 23.1. The van der Waals surface area contributed by atoms with E-state index >= 15 is 0 Å².